The van der Waals surface area contributed by atoms with Crippen LogP contribution in [0.25, 0.3) is 0 Å². The molecular formula is C5H8N3O9. The van der Waals surface area contributed by atoms with Gasteiger partial charge in [0.1, 0.15) is 19.8 Å². The van der Waals surface area contributed by atoms with Gasteiger partial charge in [-0.15, -0.1) is 30.3 Å². The van der Waals surface area contributed by atoms with Gasteiger partial charge in [-0.2, -0.15) is 0 Å². The van der Waals surface area contributed by atoms with Crippen molar-refractivity contribution >= 4 is 0 Å². The summed E-state index contributed by atoms with van der Waals surface area (Å²) in [7, 11) is 0. The molecule has 0 bridgehead atoms. The first-order chi connectivity index (χ1) is 7.75. The van der Waals surface area contributed by atoms with Crippen LogP contribution in [0.15, 0.2) is 0 Å². The Labute approximate surface area is 93.4 Å². The predicted octanol–water partition coefficient (Wildman–Crippen LogP) is -0.568. The summed E-state index contributed by atoms with van der Waals surface area (Å²) < 4.78 is 0. The lowest BCUT2D eigenvalue weighted by atomic mass is 9.95. The van der Waals surface area contributed by atoms with Crippen molar-refractivity contribution in [3.63, 3.8) is 0 Å². The van der Waals surface area contributed by atoms with Gasteiger partial charge >= 0.3 is 0 Å². The Balaban J connectivity index is 4.37. The highest BCUT2D eigenvalue weighted by Crippen LogP contribution is 2.17. The van der Waals surface area contributed by atoms with Crippen LogP contribution in [-0.2, 0) is 14.5 Å². The van der Waals surface area contributed by atoms with Crippen molar-refractivity contribution in [3.05, 3.63) is 37.3 Å². The fourth-order valence-electron chi connectivity index (χ4n) is 0.694. The third-order valence-corrected chi connectivity index (χ3v) is 1.43. The van der Waals surface area contributed by atoms with Crippen LogP contribution in [0.4, 0.5) is 0 Å². The molecule has 0 fully saturated rings. The molecular weight excluding hydrogens is 246 g/mol. The second kappa shape index (κ2) is 6.24. The molecule has 0 saturated carbocycles. The average molecular weight is 254 g/mol. The van der Waals surface area contributed by atoms with E-state index in [1.54, 1.807) is 0 Å². The summed E-state index contributed by atoms with van der Waals surface area (Å²) >= 11 is 0. The Kier molecular flexibility index (Phi) is 5.36. The smallest absolute Gasteiger partial charge is 0.294 e. The summed E-state index contributed by atoms with van der Waals surface area (Å²) in [5.74, 6) is 0. The molecule has 0 atom stereocenters. The Hall–Kier alpha value is -2.40. The molecule has 1 radical (unpaired) electrons. The maximum atomic E-state index is 9.93. The second-order valence-corrected chi connectivity index (χ2v) is 2.99. The normalized spacial score (nSPS) is 10.4. The summed E-state index contributed by atoms with van der Waals surface area (Å²) in [6, 6.07) is 0. The van der Waals surface area contributed by atoms with E-state index in [9.17, 15) is 30.3 Å². The summed E-state index contributed by atoms with van der Waals surface area (Å²) in [6.07, 6.45) is 0. The quantitative estimate of drug-likeness (QED) is 0.388. The minimum Gasteiger partial charge on any atom is -0.313 e. The van der Waals surface area contributed by atoms with E-state index in [0.717, 1.165) is 0 Å². The maximum absolute atomic E-state index is 9.93. The van der Waals surface area contributed by atoms with Crippen LogP contribution in [-0.4, -0.2) is 35.1 Å². The molecule has 0 aromatic heterocycles. The lowest BCUT2D eigenvalue weighted by Gasteiger charge is -2.25. The van der Waals surface area contributed by atoms with Gasteiger partial charge in [0.25, 0.3) is 15.3 Å². The maximum Gasteiger partial charge on any atom is 0.294 e. The molecule has 0 aliphatic carbocycles. The standard InChI is InChI=1S/C5H8N3O9/c1-5(2-15-6(9)10,3-16-7(11)12)4-17-8(13)14/h1-4H2. The topological polar surface area (TPSA) is 157 Å². The zero-order valence-electron chi connectivity index (χ0n) is 8.34. The van der Waals surface area contributed by atoms with Gasteiger partial charge in [-0.1, -0.05) is 0 Å². The monoisotopic (exact) mass is 254 g/mol. The fraction of sp³-hybridized carbons (Fsp3) is 0.800. The zero-order valence-corrected chi connectivity index (χ0v) is 8.34. The third-order valence-electron chi connectivity index (χ3n) is 1.43. The van der Waals surface area contributed by atoms with Gasteiger partial charge in [0, 0.05) is 5.41 Å². The molecule has 0 aromatic carbocycles. The van der Waals surface area contributed by atoms with Gasteiger partial charge in [-0.3, -0.25) is 0 Å². The van der Waals surface area contributed by atoms with E-state index < -0.39 is 40.5 Å². The first kappa shape index (κ1) is 14.6. The first-order valence-corrected chi connectivity index (χ1v) is 3.92. The van der Waals surface area contributed by atoms with Crippen molar-refractivity contribution in [2.24, 2.45) is 5.41 Å². The molecule has 0 aromatic rings. The van der Waals surface area contributed by atoms with Crippen LogP contribution in [0.1, 0.15) is 0 Å². The minimum absolute atomic E-state index is 0.748. The second-order valence-electron chi connectivity index (χ2n) is 2.99. The Morgan fingerprint density at radius 1 is 0.824 bits per heavy atom. The number of rotatable bonds is 9. The highest BCUT2D eigenvalue weighted by molar-refractivity contribution is 4.80. The number of hydrogen-bond acceptors (Lipinski definition) is 9. The molecule has 0 amide bonds. The molecule has 0 unspecified atom stereocenters. The molecule has 0 N–H and O–H groups in total. The van der Waals surface area contributed by atoms with E-state index in [-0.39, 0.29) is 0 Å². The molecule has 0 aliphatic heterocycles. The van der Waals surface area contributed by atoms with Crippen molar-refractivity contribution in [1.29, 1.82) is 0 Å². The summed E-state index contributed by atoms with van der Waals surface area (Å²) in [4.78, 5) is 41.6. The van der Waals surface area contributed by atoms with E-state index in [0.29, 0.717) is 0 Å². The minimum atomic E-state index is -1.65. The molecule has 0 heterocycles. The van der Waals surface area contributed by atoms with Crippen LogP contribution >= 0.6 is 0 Å². The fourth-order valence-corrected chi connectivity index (χ4v) is 0.694. The Bertz CT molecular complexity index is 259. The number of nitrogens with zero attached hydrogens (tertiary/aromatic N) is 3. The highest BCUT2D eigenvalue weighted by atomic mass is 17.0. The van der Waals surface area contributed by atoms with Crippen molar-refractivity contribution in [2.45, 2.75) is 0 Å². The van der Waals surface area contributed by atoms with E-state index in [1.165, 1.54) is 0 Å². The molecule has 0 rings (SSSR count). The van der Waals surface area contributed by atoms with Crippen LogP contribution in [0.5, 0.6) is 0 Å². The Morgan fingerprint density at radius 2 is 1.06 bits per heavy atom. The van der Waals surface area contributed by atoms with Gasteiger partial charge in [-0.25, -0.2) is 0 Å². The summed E-state index contributed by atoms with van der Waals surface area (Å²) in [6.45, 7) is 1.05. The van der Waals surface area contributed by atoms with Gasteiger partial charge in [-0.05, 0) is 6.92 Å². The van der Waals surface area contributed by atoms with Gasteiger partial charge in [0.05, 0.1) is 0 Å². The van der Waals surface area contributed by atoms with Crippen molar-refractivity contribution in [1.82, 2.24) is 0 Å². The Morgan fingerprint density at radius 3 is 1.24 bits per heavy atom. The van der Waals surface area contributed by atoms with Crippen LogP contribution in [0, 0.1) is 42.7 Å². The molecule has 12 heteroatoms. The zero-order chi connectivity index (χ0) is 13.5. The van der Waals surface area contributed by atoms with E-state index in [2.05, 4.69) is 21.4 Å². The van der Waals surface area contributed by atoms with Crippen molar-refractivity contribution in [3.8, 4) is 0 Å². The number of hydrogen-bond donors (Lipinski definition) is 0. The largest absolute Gasteiger partial charge is 0.313 e. The van der Waals surface area contributed by atoms with E-state index in [1.807, 2.05) is 0 Å². The van der Waals surface area contributed by atoms with E-state index in [4.69, 9.17) is 0 Å². The third kappa shape index (κ3) is 7.52. The van der Waals surface area contributed by atoms with Crippen molar-refractivity contribution in [2.75, 3.05) is 19.8 Å². The van der Waals surface area contributed by atoms with E-state index >= 15 is 0 Å². The lowest BCUT2D eigenvalue weighted by molar-refractivity contribution is -0.781. The SMILES string of the molecule is [CH2]C(CO[N+](=O)[O-])(CO[N+](=O)[O-])CO[N+](=O)[O-]. The molecule has 0 aliphatic rings. The lowest BCUT2D eigenvalue weighted by Crippen LogP contribution is -2.37. The molecule has 0 saturated heterocycles. The summed E-state index contributed by atoms with van der Waals surface area (Å²) in [5.41, 5.74) is -1.65. The van der Waals surface area contributed by atoms with Gasteiger partial charge < -0.3 is 14.5 Å². The average Bonchev–Trinajstić information content (AvgIpc) is 2.21. The van der Waals surface area contributed by atoms with Crippen LogP contribution in [0.2, 0.25) is 0 Å². The molecule has 0 spiro atoms. The molecule has 12 nitrogen and oxygen atoms in total. The van der Waals surface area contributed by atoms with Gasteiger partial charge in [0.15, 0.2) is 0 Å². The first-order valence-electron chi connectivity index (χ1n) is 3.92. The van der Waals surface area contributed by atoms with Gasteiger partial charge in [0.2, 0.25) is 0 Å². The predicted molar refractivity (Wildman–Crippen MR) is 46.6 cm³/mol. The van der Waals surface area contributed by atoms with Crippen molar-refractivity contribution < 1.29 is 29.8 Å². The molecule has 97 valence electrons. The van der Waals surface area contributed by atoms with Crippen LogP contribution < -0.4 is 0 Å². The summed E-state index contributed by atoms with van der Waals surface area (Å²) in [5, 5.41) is 26.3. The molecule has 17 heavy (non-hydrogen) atoms. The van der Waals surface area contributed by atoms with Crippen LogP contribution in [0.3, 0.4) is 0 Å². The highest BCUT2D eigenvalue weighted by Gasteiger charge is 2.30.